The number of para-hydroxylation sites is 2. The second kappa shape index (κ2) is 8.69. The fourth-order valence-electron chi connectivity index (χ4n) is 3.34. The van der Waals surface area contributed by atoms with Crippen molar-refractivity contribution in [3.05, 3.63) is 76.8 Å². The van der Waals surface area contributed by atoms with E-state index in [0.29, 0.717) is 34.3 Å². The van der Waals surface area contributed by atoms with Crippen LogP contribution >= 0.6 is 15.9 Å². The first kappa shape index (κ1) is 20.7. The second-order valence-electron chi connectivity index (χ2n) is 6.69. The molecule has 2 heterocycles. The number of hydrogen-bond acceptors (Lipinski definition) is 5. The van der Waals surface area contributed by atoms with E-state index in [1.165, 1.54) is 0 Å². The van der Waals surface area contributed by atoms with Crippen LogP contribution in [0.3, 0.4) is 0 Å². The van der Waals surface area contributed by atoms with Crippen LogP contribution in [-0.2, 0) is 11.3 Å². The monoisotopic (exact) mass is 478 g/mol. The molecular weight excluding hydrogens is 460 g/mol. The highest BCUT2D eigenvalue weighted by Crippen LogP contribution is 2.31. The third-order valence-corrected chi connectivity index (χ3v) is 5.15. The Bertz CT molecular complexity index is 1330. The third kappa shape index (κ3) is 3.94. The molecule has 0 aliphatic rings. The van der Waals surface area contributed by atoms with Crippen LogP contribution in [0.2, 0.25) is 0 Å². The molecule has 0 atom stereocenters. The van der Waals surface area contributed by atoms with E-state index >= 15 is 0 Å². The lowest BCUT2D eigenvalue weighted by atomic mass is 10.2. The number of hydrogen-bond donors (Lipinski definition) is 1. The molecule has 2 aromatic heterocycles. The molecule has 0 saturated carbocycles. The lowest BCUT2D eigenvalue weighted by Gasteiger charge is -2.11. The molecule has 0 bridgehead atoms. The Kier molecular flexibility index (Phi) is 5.81. The fraction of sp³-hybridized carbons (Fsp3) is 0.130. The summed E-state index contributed by atoms with van der Waals surface area (Å²) in [5.41, 5.74) is 2.75. The summed E-state index contributed by atoms with van der Waals surface area (Å²) in [6, 6.07) is 14.4. The molecule has 8 heteroatoms. The first-order chi connectivity index (χ1) is 15.0. The normalized spacial score (nSPS) is 10.9. The Morgan fingerprint density at radius 3 is 2.58 bits per heavy atom. The van der Waals surface area contributed by atoms with Crippen molar-refractivity contribution in [3.63, 3.8) is 0 Å². The number of esters is 1. The van der Waals surface area contributed by atoms with E-state index in [4.69, 9.17) is 9.72 Å². The number of carbonyl (C=O) groups is 2. The Morgan fingerprint density at radius 2 is 1.90 bits per heavy atom. The molecule has 0 radical (unpaired) electrons. The molecule has 0 fully saturated rings. The van der Waals surface area contributed by atoms with E-state index in [1.54, 1.807) is 35.8 Å². The van der Waals surface area contributed by atoms with Gasteiger partial charge in [0.1, 0.15) is 16.9 Å². The van der Waals surface area contributed by atoms with Gasteiger partial charge in [0.25, 0.3) is 5.91 Å². The lowest BCUT2D eigenvalue weighted by molar-refractivity contribution is 0.0529. The predicted molar refractivity (Wildman–Crippen MR) is 123 cm³/mol. The topological polar surface area (TPSA) is 86.1 Å². The quantitative estimate of drug-likeness (QED) is 0.312. The van der Waals surface area contributed by atoms with Gasteiger partial charge in [0, 0.05) is 16.6 Å². The SMILES string of the molecule is C=CCn1c(NC(=O)c2cccc(Br)c2)c(C(=O)OCC)c2nc3ccccc3nc21. The molecule has 0 spiro atoms. The highest BCUT2D eigenvalue weighted by atomic mass is 79.9. The van der Waals surface area contributed by atoms with Crippen LogP contribution in [0.15, 0.2) is 65.7 Å². The maximum atomic E-state index is 13.0. The number of allylic oxidation sites excluding steroid dienone is 1. The van der Waals surface area contributed by atoms with Crippen molar-refractivity contribution in [2.45, 2.75) is 13.5 Å². The van der Waals surface area contributed by atoms with Gasteiger partial charge in [-0.3, -0.25) is 4.79 Å². The number of amides is 1. The van der Waals surface area contributed by atoms with Crippen molar-refractivity contribution in [2.24, 2.45) is 0 Å². The molecule has 4 aromatic rings. The first-order valence-electron chi connectivity index (χ1n) is 9.67. The van der Waals surface area contributed by atoms with Crippen LogP contribution < -0.4 is 5.32 Å². The zero-order valence-electron chi connectivity index (χ0n) is 16.8. The average molecular weight is 479 g/mol. The van der Waals surface area contributed by atoms with Gasteiger partial charge in [0.05, 0.1) is 17.6 Å². The second-order valence-corrected chi connectivity index (χ2v) is 7.61. The Hall–Kier alpha value is -3.52. The van der Waals surface area contributed by atoms with E-state index in [2.05, 4.69) is 32.8 Å². The fourth-order valence-corrected chi connectivity index (χ4v) is 3.74. The van der Waals surface area contributed by atoms with Gasteiger partial charge in [-0.05, 0) is 37.3 Å². The molecule has 1 amide bonds. The predicted octanol–water partition coefficient (Wildman–Crippen LogP) is 4.96. The van der Waals surface area contributed by atoms with Crippen molar-refractivity contribution < 1.29 is 14.3 Å². The molecule has 4 rings (SSSR count). The summed E-state index contributed by atoms with van der Waals surface area (Å²) in [7, 11) is 0. The third-order valence-electron chi connectivity index (χ3n) is 4.66. The molecule has 0 aliphatic carbocycles. The number of halogens is 1. The minimum Gasteiger partial charge on any atom is -0.462 e. The van der Waals surface area contributed by atoms with E-state index in [0.717, 1.165) is 4.47 Å². The summed E-state index contributed by atoms with van der Waals surface area (Å²) in [6.07, 6.45) is 1.67. The zero-order valence-corrected chi connectivity index (χ0v) is 18.3. The number of nitrogens with one attached hydrogen (secondary N) is 1. The number of fused-ring (bicyclic) bond motifs is 2. The summed E-state index contributed by atoms with van der Waals surface area (Å²) in [6.45, 7) is 6.03. The Balaban J connectivity index is 1.96. The molecule has 0 saturated heterocycles. The number of anilines is 1. The zero-order chi connectivity index (χ0) is 22.0. The minimum absolute atomic E-state index is 0.167. The number of ether oxygens (including phenoxy) is 1. The van der Waals surface area contributed by atoms with Crippen LogP contribution in [0.1, 0.15) is 27.6 Å². The van der Waals surface area contributed by atoms with Crippen LogP contribution in [0, 0.1) is 0 Å². The number of aromatic nitrogens is 3. The van der Waals surface area contributed by atoms with Crippen molar-refractivity contribution in [1.82, 2.24) is 14.5 Å². The van der Waals surface area contributed by atoms with Crippen molar-refractivity contribution in [2.75, 3.05) is 11.9 Å². The van der Waals surface area contributed by atoms with Gasteiger partial charge in [-0.15, -0.1) is 6.58 Å². The van der Waals surface area contributed by atoms with Crippen molar-refractivity contribution in [1.29, 1.82) is 0 Å². The molecule has 156 valence electrons. The van der Waals surface area contributed by atoms with Crippen LogP contribution in [0.4, 0.5) is 5.82 Å². The molecule has 0 aliphatic heterocycles. The summed E-state index contributed by atoms with van der Waals surface area (Å²) < 4.78 is 7.76. The first-order valence-corrected chi connectivity index (χ1v) is 10.5. The lowest BCUT2D eigenvalue weighted by Crippen LogP contribution is -2.18. The van der Waals surface area contributed by atoms with Gasteiger partial charge in [-0.2, -0.15) is 0 Å². The van der Waals surface area contributed by atoms with E-state index in [1.807, 2.05) is 30.3 Å². The van der Waals surface area contributed by atoms with Crippen molar-refractivity contribution >= 4 is 55.8 Å². The van der Waals surface area contributed by atoms with Gasteiger partial charge < -0.3 is 14.6 Å². The van der Waals surface area contributed by atoms with E-state index in [9.17, 15) is 9.59 Å². The van der Waals surface area contributed by atoms with Gasteiger partial charge >= 0.3 is 5.97 Å². The van der Waals surface area contributed by atoms with Gasteiger partial charge in [0.2, 0.25) is 0 Å². The van der Waals surface area contributed by atoms with Crippen LogP contribution in [0.5, 0.6) is 0 Å². The smallest absolute Gasteiger partial charge is 0.344 e. The maximum Gasteiger partial charge on any atom is 0.344 e. The van der Waals surface area contributed by atoms with Crippen molar-refractivity contribution in [3.8, 4) is 0 Å². The average Bonchev–Trinajstić information content (AvgIpc) is 3.04. The van der Waals surface area contributed by atoms with Gasteiger partial charge in [0.15, 0.2) is 5.65 Å². The minimum atomic E-state index is -0.579. The Labute approximate surface area is 186 Å². The molecule has 1 N–H and O–H groups in total. The summed E-state index contributed by atoms with van der Waals surface area (Å²) in [4.78, 5) is 35.3. The molecule has 31 heavy (non-hydrogen) atoms. The number of rotatable bonds is 6. The largest absolute Gasteiger partial charge is 0.462 e. The number of carbonyl (C=O) groups excluding carboxylic acids is 2. The standard InChI is InChI=1S/C23H19BrN4O3/c1-3-12-28-20(27-22(29)14-8-7-9-15(24)13-14)18(23(30)31-4-2)19-21(28)26-17-11-6-5-10-16(17)25-19/h3,5-11,13H,1,4,12H2,2H3,(H,27,29). The van der Waals surface area contributed by atoms with Crippen LogP contribution in [-0.4, -0.2) is 33.0 Å². The molecule has 2 aromatic carbocycles. The maximum absolute atomic E-state index is 13.0. The number of benzene rings is 2. The van der Waals surface area contributed by atoms with E-state index in [-0.39, 0.29) is 23.9 Å². The molecule has 7 nitrogen and oxygen atoms in total. The highest BCUT2D eigenvalue weighted by Gasteiger charge is 2.27. The van der Waals surface area contributed by atoms with E-state index < -0.39 is 5.97 Å². The van der Waals surface area contributed by atoms with Gasteiger partial charge in [-0.25, -0.2) is 14.8 Å². The summed E-state index contributed by atoms with van der Waals surface area (Å²) >= 11 is 3.37. The highest BCUT2D eigenvalue weighted by molar-refractivity contribution is 9.10. The Morgan fingerprint density at radius 1 is 1.16 bits per heavy atom. The molecular formula is C23H19BrN4O3. The summed E-state index contributed by atoms with van der Waals surface area (Å²) in [5, 5.41) is 2.87. The van der Waals surface area contributed by atoms with Gasteiger partial charge in [-0.1, -0.05) is 40.2 Å². The number of nitrogens with zero attached hydrogens (tertiary/aromatic N) is 3. The molecule has 0 unspecified atom stereocenters. The van der Waals surface area contributed by atoms with Crippen LogP contribution in [0.25, 0.3) is 22.2 Å². The summed E-state index contributed by atoms with van der Waals surface area (Å²) in [5.74, 6) is -0.678.